The fraction of sp³-hybridized carbons (Fsp3) is 0.429. The maximum atomic E-state index is 6.29. The molecular formula is C14H15ClN2S. The minimum absolute atomic E-state index is 0.654. The van der Waals surface area contributed by atoms with Crippen LogP contribution in [0.4, 0.5) is 0 Å². The van der Waals surface area contributed by atoms with E-state index in [9.17, 15) is 0 Å². The molecule has 4 heteroatoms. The van der Waals surface area contributed by atoms with E-state index in [1.807, 2.05) is 0 Å². The van der Waals surface area contributed by atoms with E-state index in [4.69, 9.17) is 16.6 Å². The lowest BCUT2D eigenvalue weighted by Gasteiger charge is -2.16. The van der Waals surface area contributed by atoms with Crippen LogP contribution < -0.4 is 0 Å². The first kappa shape index (κ1) is 12.1. The van der Waals surface area contributed by atoms with Gasteiger partial charge in [0.1, 0.15) is 5.15 Å². The molecule has 94 valence electrons. The zero-order valence-corrected chi connectivity index (χ0v) is 11.9. The number of aromatic nitrogens is 2. The van der Waals surface area contributed by atoms with Crippen molar-refractivity contribution in [2.24, 2.45) is 0 Å². The Morgan fingerprint density at radius 2 is 2.06 bits per heavy atom. The molecule has 0 saturated heterocycles. The van der Waals surface area contributed by atoms with Gasteiger partial charge in [0.25, 0.3) is 0 Å². The standard InChI is InChI=1S/C14H15ClN2S/c1-2-9-7-8-12(18-9)14-16-11-6-4-3-5-10(11)13(15)17-14/h7-8H,2-6H2,1H3. The molecule has 0 unspecified atom stereocenters. The van der Waals surface area contributed by atoms with Crippen LogP contribution in [0.1, 0.15) is 35.9 Å². The maximum absolute atomic E-state index is 6.29. The van der Waals surface area contributed by atoms with Crippen molar-refractivity contribution < 1.29 is 0 Å². The summed E-state index contributed by atoms with van der Waals surface area (Å²) in [6.45, 7) is 2.16. The molecule has 18 heavy (non-hydrogen) atoms. The van der Waals surface area contributed by atoms with E-state index >= 15 is 0 Å². The molecular weight excluding hydrogens is 264 g/mol. The second kappa shape index (κ2) is 4.98. The number of thiophene rings is 1. The SMILES string of the molecule is CCc1ccc(-c2nc(Cl)c3c(n2)CCCC3)s1. The van der Waals surface area contributed by atoms with E-state index in [0.717, 1.165) is 35.7 Å². The Bertz CT molecular complexity index is 577. The Kier molecular flexibility index (Phi) is 3.35. The number of aryl methyl sites for hydroxylation is 2. The summed E-state index contributed by atoms with van der Waals surface area (Å²) in [5, 5.41) is 0.654. The van der Waals surface area contributed by atoms with Crippen molar-refractivity contribution in [1.29, 1.82) is 0 Å². The van der Waals surface area contributed by atoms with Crippen LogP contribution in [0.3, 0.4) is 0 Å². The Balaban J connectivity index is 2.04. The van der Waals surface area contributed by atoms with Gasteiger partial charge in [-0.2, -0.15) is 0 Å². The van der Waals surface area contributed by atoms with Crippen LogP contribution in [-0.2, 0) is 19.3 Å². The van der Waals surface area contributed by atoms with E-state index < -0.39 is 0 Å². The van der Waals surface area contributed by atoms with Gasteiger partial charge in [-0.3, -0.25) is 0 Å². The van der Waals surface area contributed by atoms with Gasteiger partial charge in [0.2, 0.25) is 0 Å². The Labute approximate surface area is 116 Å². The predicted octanol–water partition coefficient (Wildman–Crippen LogP) is 4.30. The Morgan fingerprint density at radius 1 is 1.22 bits per heavy atom. The number of hydrogen-bond acceptors (Lipinski definition) is 3. The summed E-state index contributed by atoms with van der Waals surface area (Å²) in [4.78, 5) is 11.7. The number of halogens is 1. The van der Waals surface area contributed by atoms with Gasteiger partial charge in [0, 0.05) is 16.1 Å². The van der Waals surface area contributed by atoms with Crippen LogP contribution in [0.2, 0.25) is 5.15 Å². The second-order valence-corrected chi connectivity index (χ2v) is 6.12. The molecule has 2 aromatic rings. The summed E-state index contributed by atoms with van der Waals surface area (Å²) in [5.41, 5.74) is 2.32. The van der Waals surface area contributed by atoms with E-state index in [-0.39, 0.29) is 0 Å². The van der Waals surface area contributed by atoms with Gasteiger partial charge in [-0.15, -0.1) is 11.3 Å². The van der Waals surface area contributed by atoms with Crippen molar-refractivity contribution >= 4 is 22.9 Å². The van der Waals surface area contributed by atoms with Gasteiger partial charge in [-0.25, -0.2) is 9.97 Å². The van der Waals surface area contributed by atoms with Crippen molar-refractivity contribution in [3.8, 4) is 10.7 Å². The molecule has 2 aromatic heterocycles. The first-order chi connectivity index (χ1) is 8.78. The van der Waals surface area contributed by atoms with Crippen LogP contribution in [-0.4, -0.2) is 9.97 Å². The molecule has 1 aliphatic carbocycles. The van der Waals surface area contributed by atoms with Crippen molar-refractivity contribution in [2.75, 3.05) is 0 Å². The lowest BCUT2D eigenvalue weighted by molar-refractivity contribution is 0.664. The van der Waals surface area contributed by atoms with Crippen LogP contribution >= 0.6 is 22.9 Å². The molecule has 0 fully saturated rings. The van der Waals surface area contributed by atoms with Crippen LogP contribution in [0.5, 0.6) is 0 Å². The molecule has 0 spiro atoms. The molecule has 2 nitrogen and oxygen atoms in total. The molecule has 0 aliphatic heterocycles. The molecule has 0 atom stereocenters. The molecule has 0 amide bonds. The summed E-state index contributed by atoms with van der Waals surface area (Å²) >= 11 is 8.05. The largest absolute Gasteiger partial charge is 0.232 e. The van der Waals surface area contributed by atoms with Crippen LogP contribution in [0.25, 0.3) is 10.7 Å². The molecule has 0 saturated carbocycles. The molecule has 3 rings (SSSR count). The normalized spacial score (nSPS) is 14.6. The Hall–Kier alpha value is -0.930. The van der Waals surface area contributed by atoms with Crippen LogP contribution in [0, 0.1) is 0 Å². The first-order valence-electron chi connectivity index (χ1n) is 6.42. The topological polar surface area (TPSA) is 25.8 Å². The quantitative estimate of drug-likeness (QED) is 0.766. The summed E-state index contributed by atoms with van der Waals surface area (Å²) in [5.74, 6) is 0.797. The minimum atomic E-state index is 0.654. The number of fused-ring (bicyclic) bond motifs is 1. The average Bonchev–Trinajstić information content (AvgIpc) is 2.87. The smallest absolute Gasteiger partial charge is 0.171 e. The van der Waals surface area contributed by atoms with Crippen molar-refractivity contribution in [2.45, 2.75) is 39.0 Å². The van der Waals surface area contributed by atoms with E-state index in [1.54, 1.807) is 11.3 Å². The Morgan fingerprint density at radius 3 is 2.83 bits per heavy atom. The number of rotatable bonds is 2. The van der Waals surface area contributed by atoms with Gasteiger partial charge in [-0.1, -0.05) is 18.5 Å². The van der Waals surface area contributed by atoms with Gasteiger partial charge in [0.15, 0.2) is 5.82 Å². The summed E-state index contributed by atoms with van der Waals surface area (Å²) < 4.78 is 0. The number of hydrogen-bond donors (Lipinski definition) is 0. The fourth-order valence-electron chi connectivity index (χ4n) is 2.35. The summed E-state index contributed by atoms with van der Waals surface area (Å²) in [6, 6.07) is 4.25. The first-order valence-corrected chi connectivity index (χ1v) is 7.61. The van der Waals surface area contributed by atoms with Gasteiger partial charge < -0.3 is 0 Å². The summed E-state index contributed by atoms with van der Waals surface area (Å²) in [6.07, 6.45) is 5.54. The average molecular weight is 279 g/mol. The predicted molar refractivity (Wildman–Crippen MR) is 76.4 cm³/mol. The monoisotopic (exact) mass is 278 g/mol. The highest BCUT2D eigenvalue weighted by atomic mass is 35.5. The van der Waals surface area contributed by atoms with Crippen LogP contribution in [0.15, 0.2) is 12.1 Å². The van der Waals surface area contributed by atoms with Crippen molar-refractivity contribution in [1.82, 2.24) is 9.97 Å². The zero-order valence-electron chi connectivity index (χ0n) is 10.4. The number of nitrogens with zero attached hydrogens (tertiary/aromatic N) is 2. The third-order valence-corrected chi connectivity index (χ3v) is 4.90. The lowest BCUT2D eigenvalue weighted by atomic mass is 9.97. The molecule has 0 radical (unpaired) electrons. The summed E-state index contributed by atoms with van der Waals surface area (Å²) in [7, 11) is 0. The van der Waals surface area contributed by atoms with Gasteiger partial charge in [-0.05, 0) is 44.2 Å². The zero-order chi connectivity index (χ0) is 12.5. The molecule has 0 N–H and O–H groups in total. The van der Waals surface area contributed by atoms with Gasteiger partial charge >= 0.3 is 0 Å². The molecule has 0 bridgehead atoms. The lowest BCUT2D eigenvalue weighted by Crippen LogP contribution is -2.08. The van der Waals surface area contributed by atoms with Crippen molar-refractivity contribution in [3.63, 3.8) is 0 Å². The van der Waals surface area contributed by atoms with E-state index in [1.165, 1.54) is 23.3 Å². The van der Waals surface area contributed by atoms with E-state index in [0.29, 0.717) is 5.15 Å². The fourth-order valence-corrected chi connectivity index (χ4v) is 3.51. The highest BCUT2D eigenvalue weighted by Gasteiger charge is 2.17. The third kappa shape index (κ3) is 2.17. The maximum Gasteiger partial charge on any atom is 0.171 e. The van der Waals surface area contributed by atoms with Gasteiger partial charge in [0.05, 0.1) is 4.88 Å². The molecule has 0 aromatic carbocycles. The van der Waals surface area contributed by atoms with Crippen molar-refractivity contribution in [3.05, 3.63) is 33.4 Å². The third-order valence-electron chi connectivity index (χ3n) is 3.36. The highest BCUT2D eigenvalue weighted by molar-refractivity contribution is 7.15. The minimum Gasteiger partial charge on any atom is -0.232 e. The molecule has 2 heterocycles. The second-order valence-electron chi connectivity index (χ2n) is 4.59. The van der Waals surface area contributed by atoms with E-state index in [2.05, 4.69) is 24.0 Å². The highest BCUT2D eigenvalue weighted by Crippen LogP contribution is 2.31. The molecule has 1 aliphatic rings.